The van der Waals surface area contributed by atoms with Crippen LogP contribution in [0.1, 0.15) is 25.0 Å². The molecule has 0 unspecified atom stereocenters. The van der Waals surface area contributed by atoms with E-state index in [1.165, 1.54) is 16.7 Å². The van der Waals surface area contributed by atoms with Gasteiger partial charge in [-0.15, -0.1) is 0 Å². The third kappa shape index (κ3) is 2.01. The summed E-state index contributed by atoms with van der Waals surface area (Å²) in [5.74, 6) is 0.630. The summed E-state index contributed by atoms with van der Waals surface area (Å²) in [6.07, 6.45) is 4.43. The molecule has 2 rings (SSSR count). The zero-order chi connectivity index (χ0) is 8.55. The Morgan fingerprint density at radius 3 is 2.46 bits per heavy atom. The molecule has 0 nitrogen and oxygen atoms in total. The van der Waals surface area contributed by atoms with Gasteiger partial charge in [0.25, 0.3) is 0 Å². The van der Waals surface area contributed by atoms with Crippen molar-refractivity contribution < 1.29 is 25.8 Å². The normalized spacial score (nSPS) is 13.6. The maximum absolute atomic E-state index is 2.24. The zero-order valence-electron chi connectivity index (χ0n) is 8.04. The van der Waals surface area contributed by atoms with Crippen molar-refractivity contribution >= 4 is 5.57 Å². The van der Waals surface area contributed by atoms with E-state index in [1.54, 1.807) is 0 Å². The molecule has 1 aromatic rings. The minimum absolute atomic E-state index is 0. The summed E-state index contributed by atoms with van der Waals surface area (Å²) in [6, 6.07) is 8.56. The quantitative estimate of drug-likeness (QED) is 0.691. The number of hydrogen-bond donors (Lipinski definition) is 0. The third-order valence-electron chi connectivity index (χ3n) is 2.34. The van der Waals surface area contributed by atoms with Gasteiger partial charge in [-0.2, -0.15) is 0 Å². The maximum Gasteiger partial charge on any atom is 0.0134 e. The van der Waals surface area contributed by atoms with Crippen LogP contribution in [-0.4, -0.2) is 0 Å². The van der Waals surface area contributed by atoms with Gasteiger partial charge in [0, 0.05) is 32.3 Å². The van der Waals surface area contributed by atoms with Crippen LogP contribution in [0.15, 0.2) is 30.3 Å². The average Bonchev–Trinajstić information content (AvgIpc) is 2.47. The Hall–Kier alpha value is -0.170. The maximum atomic E-state index is 2.24. The second-order valence-electron chi connectivity index (χ2n) is 3.53. The van der Waals surface area contributed by atoms with Crippen LogP contribution in [0.2, 0.25) is 0 Å². The Balaban J connectivity index is 0.000000845. The fourth-order valence-corrected chi connectivity index (χ4v) is 1.68. The van der Waals surface area contributed by atoms with Crippen molar-refractivity contribution in [3.63, 3.8) is 0 Å². The molecule has 0 saturated carbocycles. The van der Waals surface area contributed by atoms with Crippen molar-refractivity contribution in [1.29, 1.82) is 0 Å². The van der Waals surface area contributed by atoms with Gasteiger partial charge < -0.3 is 0 Å². The first kappa shape index (κ1) is 10.9. The average molecular weight is 336 g/mol. The molecule has 1 aliphatic carbocycles. The SMILES string of the molecule is CC(C)C1=C[CH]c2ccccc21.[Hf]. The molecule has 0 bridgehead atoms. The molecule has 1 aliphatic rings. The van der Waals surface area contributed by atoms with E-state index < -0.39 is 0 Å². The molecule has 0 N–H and O–H groups in total. The van der Waals surface area contributed by atoms with Gasteiger partial charge in [0.2, 0.25) is 0 Å². The Kier molecular flexibility index (Phi) is 3.66. The molecule has 0 atom stereocenters. The summed E-state index contributed by atoms with van der Waals surface area (Å²) < 4.78 is 0. The van der Waals surface area contributed by atoms with E-state index in [-0.39, 0.29) is 25.8 Å². The molecule has 0 spiro atoms. The van der Waals surface area contributed by atoms with Crippen molar-refractivity contribution in [2.24, 2.45) is 5.92 Å². The van der Waals surface area contributed by atoms with Gasteiger partial charge in [0.05, 0.1) is 0 Å². The molecule has 0 aromatic heterocycles. The molecule has 0 aliphatic heterocycles. The van der Waals surface area contributed by atoms with Crippen LogP contribution < -0.4 is 0 Å². The summed E-state index contributed by atoms with van der Waals surface area (Å²) in [5, 5.41) is 0. The van der Waals surface area contributed by atoms with E-state index in [1.807, 2.05) is 0 Å². The van der Waals surface area contributed by atoms with Crippen LogP contribution in [-0.2, 0) is 25.8 Å². The zero-order valence-corrected chi connectivity index (χ0v) is 11.6. The van der Waals surface area contributed by atoms with Gasteiger partial charge in [-0.05, 0) is 22.6 Å². The number of allylic oxidation sites excluding steroid dienone is 2. The number of hydrogen-bond acceptors (Lipinski definition) is 0. The standard InChI is InChI=1S/C12H13.Hf/c1-9(2)11-8-7-10-5-3-4-6-12(10)11;/h3-9H,1-2H3;. The summed E-state index contributed by atoms with van der Waals surface area (Å²) >= 11 is 0. The summed E-state index contributed by atoms with van der Waals surface area (Å²) in [6.45, 7) is 4.48. The van der Waals surface area contributed by atoms with Crippen molar-refractivity contribution in [3.05, 3.63) is 47.9 Å². The number of fused-ring (bicyclic) bond motifs is 1. The van der Waals surface area contributed by atoms with E-state index in [2.05, 4.69) is 50.6 Å². The van der Waals surface area contributed by atoms with Crippen LogP contribution in [0, 0.1) is 12.3 Å². The smallest absolute Gasteiger partial charge is 0.0134 e. The van der Waals surface area contributed by atoms with Crippen molar-refractivity contribution in [2.75, 3.05) is 0 Å². The van der Waals surface area contributed by atoms with Gasteiger partial charge in [0.15, 0.2) is 0 Å². The van der Waals surface area contributed by atoms with Crippen molar-refractivity contribution in [2.45, 2.75) is 13.8 Å². The first-order chi connectivity index (χ1) is 5.79. The minimum Gasteiger partial charge on any atom is -0.0720 e. The van der Waals surface area contributed by atoms with Crippen molar-refractivity contribution in [3.8, 4) is 0 Å². The summed E-state index contributed by atoms with van der Waals surface area (Å²) in [4.78, 5) is 0. The summed E-state index contributed by atoms with van der Waals surface area (Å²) in [7, 11) is 0. The first-order valence-corrected chi connectivity index (χ1v) is 4.43. The van der Waals surface area contributed by atoms with Gasteiger partial charge in [-0.1, -0.05) is 44.2 Å². The van der Waals surface area contributed by atoms with Crippen LogP contribution in [0.5, 0.6) is 0 Å². The molecule has 1 aromatic carbocycles. The molecule has 1 radical (unpaired) electrons. The second-order valence-corrected chi connectivity index (χ2v) is 3.53. The van der Waals surface area contributed by atoms with E-state index in [9.17, 15) is 0 Å². The Morgan fingerprint density at radius 1 is 1.08 bits per heavy atom. The predicted octanol–water partition coefficient (Wildman–Crippen LogP) is 3.29. The van der Waals surface area contributed by atoms with Gasteiger partial charge in [0.1, 0.15) is 0 Å². The Morgan fingerprint density at radius 2 is 1.77 bits per heavy atom. The predicted molar refractivity (Wildman–Crippen MR) is 52.7 cm³/mol. The third-order valence-corrected chi connectivity index (χ3v) is 2.34. The number of benzene rings is 1. The van der Waals surface area contributed by atoms with Crippen LogP contribution in [0.3, 0.4) is 0 Å². The Labute approximate surface area is 98.8 Å². The van der Waals surface area contributed by atoms with E-state index in [0.717, 1.165) is 0 Å². The van der Waals surface area contributed by atoms with Gasteiger partial charge >= 0.3 is 0 Å². The van der Waals surface area contributed by atoms with Gasteiger partial charge in [-0.25, -0.2) is 0 Å². The summed E-state index contributed by atoms with van der Waals surface area (Å²) in [5.41, 5.74) is 4.24. The van der Waals surface area contributed by atoms with Crippen LogP contribution in [0.25, 0.3) is 5.57 Å². The van der Waals surface area contributed by atoms with Crippen molar-refractivity contribution in [1.82, 2.24) is 0 Å². The largest absolute Gasteiger partial charge is 0.0720 e. The minimum atomic E-state index is 0. The van der Waals surface area contributed by atoms with E-state index in [4.69, 9.17) is 0 Å². The monoisotopic (exact) mass is 337 g/mol. The van der Waals surface area contributed by atoms with Gasteiger partial charge in [-0.3, -0.25) is 0 Å². The molecule has 65 valence electrons. The van der Waals surface area contributed by atoms with E-state index in [0.29, 0.717) is 5.92 Å². The van der Waals surface area contributed by atoms with E-state index >= 15 is 0 Å². The topological polar surface area (TPSA) is 0 Å². The second kappa shape index (κ2) is 4.36. The van der Waals surface area contributed by atoms with Crippen LogP contribution in [0.4, 0.5) is 0 Å². The fourth-order valence-electron chi connectivity index (χ4n) is 1.68. The molecule has 1 heteroatoms. The Bertz CT molecular complexity index is 324. The molecule has 0 amide bonds. The molecular formula is C12H13Hf. The first-order valence-electron chi connectivity index (χ1n) is 4.43. The number of rotatable bonds is 1. The molecular weight excluding hydrogens is 323 g/mol. The molecule has 0 fully saturated rings. The van der Waals surface area contributed by atoms with Crippen LogP contribution >= 0.6 is 0 Å². The molecule has 0 heterocycles. The molecule has 13 heavy (non-hydrogen) atoms. The fraction of sp³-hybridized carbons (Fsp3) is 0.250. The molecule has 0 saturated heterocycles.